The number of benzene rings is 2. The molecule has 0 bridgehead atoms. The van der Waals surface area contributed by atoms with Crippen molar-refractivity contribution < 1.29 is 18.3 Å². The smallest absolute Gasteiger partial charge is 0.323 e. The van der Waals surface area contributed by atoms with Crippen molar-refractivity contribution in [1.29, 1.82) is 0 Å². The molecule has 0 heterocycles. The summed E-state index contributed by atoms with van der Waals surface area (Å²) in [7, 11) is 1.35. The van der Waals surface area contributed by atoms with Crippen molar-refractivity contribution >= 4 is 17.4 Å². The number of nitrogens with one attached hydrogen (secondary N) is 2. The summed E-state index contributed by atoms with van der Waals surface area (Å²) in [4.78, 5) is 11.7. The molecule has 0 saturated carbocycles. The van der Waals surface area contributed by atoms with Crippen molar-refractivity contribution in [2.24, 2.45) is 0 Å². The molecule has 0 unspecified atom stereocenters. The highest BCUT2D eigenvalue weighted by Crippen LogP contribution is 2.20. The molecule has 104 valence electrons. The van der Waals surface area contributed by atoms with Crippen LogP contribution in [0.4, 0.5) is 25.0 Å². The van der Waals surface area contributed by atoms with Crippen LogP contribution in [0.25, 0.3) is 0 Å². The molecule has 0 aromatic heterocycles. The van der Waals surface area contributed by atoms with Crippen LogP contribution in [-0.4, -0.2) is 13.1 Å². The second-order valence-corrected chi connectivity index (χ2v) is 3.94. The first-order chi connectivity index (χ1) is 9.58. The van der Waals surface area contributed by atoms with Crippen LogP contribution in [0.15, 0.2) is 42.5 Å². The molecule has 2 aromatic carbocycles. The Balaban J connectivity index is 2.01. The van der Waals surface area contributed by atoms with E-state index in [1.54, 1.807) is 0 Å². The maximum Gasteiger partial charge on any atom is 0.323 e. The molecule has 0 aliphatic carbocycles. The molecule has 0 spiro atoms. The fraction of sp³-hybridized carbons (Fsp3) is 0.0714. The molecule has 0 aliphatic rings. The molecule has 2 aromatic rings. The van der Waals surface area contributed by atoms with E-state index in [2.05, 4.69) is 10.6 Å². The topological polar surface area (TPSA) is 50.4 Å². The first-order valence-electron chi connectivity index (χ1n) is 5.75. The van der Waals surface area contributed by atoms with Crippen molar-refractivity contribution in [3.05, 3.63) is 54.1 Å². The van der Waals surface area contributed by atoms with Crippen LogP contribution < -0.4 is 15.4 Å². The van der Waals surface area contributed by atoms with Gasteiger partial charge in [0.05, 0.1) is 7.11 Å². The third kappa shape index (κ3) is 3.44. The van der Waals surface area contributed by atoms with Gasteiger partial charge in [-0.25, -0.2) is 13.6 Å². The van der Waals surface area contributed by atoms with Crippen LogP contribution in [0.5, 0.6) is 5.75 Å². The number of hydrogen-bond acceptors (Lipinski definition) is 2. The van der Waals surface area contributed by atoms with E-state index in [1.165, 1.54) is 43.5 Å². The van der Waals surface area contributed by atoms with Gasteiger partial charge in [0.1, 0.15) is 5.82 Å². The fourth-order valence-corrected chi connectivity index (χ4v) is 1.57. The Bertz CT molecular complexity index is 615. The zero-order valence-corrected chi connectivity index (χ0v) is 10.6. The number of carbonyl (C=O) groups is 1. The lowest BCUT2D eigenvalue weighted by Gasteiger charge is -2.09. The molecule has 0 saturated heterocycles. The van der Waals surface area contributed by atoms with Crippen LogP contribution in [0.2, 0.25) is 0 Å². The third-order valence-corrected chi connectivity index (χ3v) is 2.51. The van der Waals surface area contributed by atoms with Gasteiger partial charge < -0.3 is 15.4 Å². The van der Waals surface area contributed by atoms with Gasteiger partial charge in [-0.1, -0.05) is 0 Å². The van der Waals surface area contributed by atoms with E-state index in [0.29, 0.717) is 5.69 Å². The molecule has 0 radical (unpaired) electrons. The Morgan fingerprint density at radius 3 is 2.20 bits per heavy atom. The SMILES string of the molecule is COc1ccc(NC(=O)Nc2ccc(F)cc2)cc1F. The van der Waals surface area contributed by atoms with E-state index < -0.39 is 17.7 Å². The maximum absolute atomic E-state index is 13.4. The van der Waals surface area contributed by atoms with Crippen LogP contribution in [-0.2, 0) is 0 Å². The van der Waals surface area contributed by atoms with Gasteiger partial charge in [-0.3, -0.25) is 0 Å². The van der Waals surface area contributed by atoms with E-state index in [0.717, 1.165) is 6.07 Å². The number of hydrogen-bond donors (Lipinski definition) is 2. The number of rotatable bonds is 3. The summed E-state index contributed by atoms with van der Waals surface area (Å²) < 4.78 is 30.9. The number of anilines is 2. The quantitative estimate of drug-likeness (QED) is 0.901. The van der Waals surface area contributed by atoms with Gasteiger partial charge in [-0.2, -0.15) is 0 Å². The summed E-state index contributed by atoms with van der Waals surface area (Å²) in [6.45, 7) is 0. The molecule has 2 amide bonds. The highest BCUT2D eigenvalue weighted by Gasteiger charge is 2.06. The van der Waals surface area contributed by atoms with E-state index in [1.807, 2.05) is 0 Å². The predicted molar refractivity (Wildman–Crippen MR) is 72.0 cm³/mol. The molecule has 0 atom stereocenters. The van der Waals surface area contributed by atoms with Gasteiger partial charge in [0, 0.05) is 17.4 Å². The number of halogens is 2. The van der Waals surface area contributed by atoms with E-state index >= 15 is 0 Å². The zero-order chi connectivity index (χ0) is 14.5. The molecule has 20 heavy (non-hydrogen) atoms. The molecule has 2 rings (SSSR count). The van der Waals surface area contributed by atoms with Gasteiger partial charge in [-0.05, 0) is 36.4 Å². The van der Waals surface area contributed by atoms with Gasteiger partial charge >= 0.3 is 6.03 Å². The Kier molecular flexibility index (Phi) is 4.14. The molecular formula is C14H12F2N2O2. The highest BCUT2D eigenvalue weighted by atomic mass is 19.1. The average molecular weight is 278 g/mol. The summed E-state index contributed by atoms with van der Waals surface area (Å²) in [5.41, 5.74) is 0.709. The number of urea groups is 1. The molecule has 4 nitrogen and oxygen atoms in total. The van der Waals surface area contributed by atoms with Crippen LogP contribution in [0.3, 0.4) is 0 Å². The fourth-order valence-electron chi connectivity index (χ4n) is 1.57. The lowest BCUT2D eigenvalue weighted by molar-refractivity contribution is 0.262. The largest absolute Gasteiger partial charge is 0.494 e. The third-order valence-electron chi connectivity index (χ3n) is 2.51. The van der Waals surface area contributed by atoms with E-state index in [9.17, 15) is 13.6 Å². The first kappa shape index (κ1) is 13.8. The number of methoxy groups -OCH3 is 1. The zero-order valence-electron chi connectivity index (χ0n) is 10.6. The minimum atomic E-state index is -0.577. The molecule has 6 heteroatoms. The normalized spacial score (nSPS) is 9.95. The Hall–Kier alpha value is -2.63. The summed E-state index contributed by atoms with van der Waals surface area (Å²) in [5.74, 6) is -0.880. The van der Waals surface area contributed by atoms with E-state index in [4.69, 9.17) is 4.74 Å². The Labute approximate surface area is 114 Å². The molecule has 2 N–H and O–H groups in total. The standard InChI is InChI=1S/C14H12F2N2O2/c1-20-13-7-6-11(8-12(13)16)18-14(19)17-10-4-2-9(15)3-5-10/h2-8H,1H3,(H2,17,18,19). The Morgan fingerprint density at radius 2 is 1.60 bits per heavy atom. The number of amides is 2. The lowest BCUT2D eigenvalue weighted by Crippen LogP contribution is -2.19. The Morgan fingerprint density at radius 1 is 1.00 bits per heavy atom. The molecule has 0 aliphatic heterocycles. The summed E-state index contributed by atoms with van der Waals surface area (Å²) >= 11 is 0. The minimum Gasteiger partial charge on any atom is -0.494 e. The van der Waals surface area contributed by atoms with Crippen molar-refractivity contribution in [2.45, 2.75) is 0 Å². The maximum atomic E-state index is 13.4. The van der Waals surface area contributed by atoms with Gasteiger partial charge in [0.2, 0.25) is 0 Å². The second kappa shape index (κ2) is 6.01. The lowest BCUT2D eigenvalue weighted by atomic mass is 10.3. The van der Waals surface area contributed by atoms with Crippen molar-refractivity contribution in [2.75, 3.05) is 17.7 Å². The van der Waals surface area contributed by atoms with Crippen molar-refractivity contribution in [3.8, 4) is 5.75 Å². The van der Waals surface area contributed by atoms with Gasteiger partial charge in [0.15, 0.2) is 11.6 Å². The summed E-state index contributed by atoms with van der Waals surface area (Å²) in [6, 6.07) is 8.79. The van der Waals surface area contributed by atoms with Crippen molar-refractivity contribution in [1.82, 2.24) is 0 Å². The van der Waals surface area contributed by atoms with Gasteiger partial charge in [0.25, 0.3) is 0 Å². The predicted octanol–water partition coefficient (Wildman–Crippen LogP) is 3.62. The highest BCUT2D eigenvalue weighted by molar-refractivity contribution is 5.99. The number of ether oxygens (including phenoxy) is 1. The van der Waals surface area contributed by atoms with E-state index in [-0.39, 0.29) is 11.4 Å². The molecular weight excluding hydrogens is 266 g/mol. The average Bonchev–Trinajstić information content (AvgIpc) is 2.41. The van der Waals surface area contributed by atoms with Gasteiger partial charge in [-0.15, -0.1) is 0 Å². The summed E-state index contributed by atoms with van der Waals surface area (Å²) in [5, 5.41) is 4.95. The minimum absolute atomic E-state index is 0.0921. The first-order valence-corrected chi connectivity index (χ1v) is 5.75. The van der Waals surface area contributed by atoms with Crippen LogP contribution in [0.1, 0.15) is 0 Å². The van der Waals surface area contributed by atoms with Crippen molar-refractivity contribution in [3.63, 3.8) is 0 Å². The van der Waals surface area contributed by atoms with Crippen LogP contribution >= 0.6 is 0 Å². The summed E-state index contributed by atoms with van der Waals surface area (Å²) in [6.07, 6.45) is 0. The number of carbonyl (C=O) groups excluding carboxylic acids is 1. The second-order valence-electron chi connectivity index (χ2n) is 3.94. The monoisotopic (exact) mass is 278 g/mol. The molecule has 0 fully saturated rings. The van der Waals surface area contributed by atoms with Crippen LogP contribution in [0, 0.1) is 11.6 Å².